The quantitative estimate of drug-likeness (QED) is 0.454. The maximum atomic E-state index is 13.4. The van der Waals surface area contributed by atoms with Crippen LogP contribution < -0.4 is 10.6 Å². The monoisotopic (exact) mass is 495 g/mol. The van der Waals surface area contributed by atoms with E-state index in [2.05, 4.69) is 10.6 Å². The molecule has 35 heavy (non-hydrogen) atoms. The predicted octanol–water partition coefficient (Wildman–Crippen LogP) is 5.12. The highest BCUT2D eigenvalue weighted by molar-refractivity contribution is 7.12. The number of nitrogens with zero attached hydrogens (tertiary/aromatic N) is 1. The molecule has 0 saturated carbocycles. The highest BCUT2D eigenvalue weighted by Crippen LogP contribution is 2.35. The van der Waals surface area contributed by atoms with Crippen molar-refractivity contribution in [2.75, 3.05) is 5.32 Å². The summed E-state index contributed by atoms with van der Waals surface area (Å²) in [5, 5.41) is 7.60. The lowest BCUT2D eigenvalue weighted by atomic mass is 9.99. The summed E-state index contributed by atoms with van der Waals surface area (Å²) >= 11 is 1.33. The number of benzene rings is 2. The van der Waals surface area contributed by atoms with Gasteiger partial charge in [-0.1, -0.05) is 37.3 Å². The predicted molar refractivity (Wildman–Crippen MR) is 132 cm³/mol. The minimum Gasteiger partial charge on any atom is -0.438 e. The minimum atomic E-state index is -0.940. The van der Waals surface area contributed by atoms with Crippen molar-refractivity contribution in [1.82, 2.24) is 10.2 Å². The second kappa shape index (κ2) is 10.7. The van der Waals surface area contributed by atoms with Crippen LogP contribution in [0.4, 0.5) is 14.9 Å². The number of carbonyl (C=O) groups is 3. The van der Waals surface area contributed by atoms with Crippen LogP contribution in [-0.2, 0) is 16.1 Å². The number of ether oxygens (including phenoxy) is 1. The van der Waals surface area contributed by atoms with Crippen LogP contribution >= 0.6 is 11.3 Å². The van der Waals surface area contributed by atoms with E-state index in [9.17, 15) is 18.8 Å². The smallest absolute Gasteiger partial charge is 0.411 e. The first-order chi connectivity index (χ1) is 16.9. The summed E-state index contributed by atoms with van der Waals surface area (Å²) in [7, 11) is 0. The van der Waals surface area contributed by atoms with Crippen molar-refractivity contribution >= 4 is 34.9 Å². The molecule has 1 aliphatic heterocycles. The molecular weight excluding hydrogens is 469 g/mol. The van der Waals surface area contributed by atoms with Gasteiger partial charge in [0.05, 0.1) is 11.4 Å². The zero-order valence-electron chi connectivity index (χ0n) is 19.4. The number of hydrogen-bond acceptors (Lipinski definition) is 5. The zero-order chi connectivity index (χ0) is 24.9. The number of amides is 3. The summed E-state index contributed by atoms with van der Waals surface area (Å²) < 4.78 is 19.0. The zero-order valence-corrected chi connectivity index (χ0v) is 20.2. The second-order valence-corrected chi connectivity index (χ2v) is 9.33. The Kier molecular flexibility index (Phi) is 7.45. The van der Waals surface area contributed by atoms with Crippen LogP contribution in [0.25, 0.3) is 0 Å². The van der Waals surface area contributed by atoms with Gasteiger partial charge in [-0.2, -0.15) is 0 Å². The van der Waals surface area contributed by atoms with Crippen LogP contribution in [0.2, 0.25) is 0 Å². The average molecular weight is 496 g/mol. The summed E-state index contributed by atoms with van der Waals surface area (Å²) in [5.41, 5.74) is 1.77. The Hall–Kier alpha value is -3.72. The fourth-order valence-electron chi connectivity index (χ4n) is 3.82. The molecule has 2 heterocycles. The number of nitrogens with one attached hydrogen (secondary N) is 2. The van der Waals surface area contributed by atoms with Crippen LogP contribution in [0.1, 0.15) is 47.2 Å². The lowest BCUT2D eigenvalue weighted by molar-refractivity contribution is -0.127. The van der Waals surface area contributed by atoms with Crippen molar-refractivity contribution in [2.24, 2.45) is 0 Å². The molecule has 0 aliphatic carbocycles. The Bertz CT molecular complexity index is 1200. The van der Waals surface area contributed by atoms with E-state index in [-0.39, 0.29) is 30.2 Å². The van der Waals surface area contributed by atoms with Crippen LogP contribution in [0.3, 0.4) is 0 Å². The van der Waals surface area contributed by atoms with Crippen molar-refractivity contribution in [3.8, 4) is 0 Å². The first-order valence-corrected chi connectivity index (χ1v) is 12.2. The minimum absolute atomic E-state index is 0.0863. The molecule has 3 atom stereocenters. The molecule has 0 radical (unpaired) electrons. The highest BCUT2D eigenvalue weighted by Gasteiger charge is 2.47. The Labute approximate surface area is 206 Å². The number of anilines is 1. The van der Waals surface area contributed by atoms with E-state index in [1.807, 2.05) is 19.2 Å². The molecule has 1 fully saturated rings. The van der Waals surface area contributed by atoms with Gasteiger partial charge in [-0.3, -0.25) is 14.5 Å². The van der Waals surface area contributed by atoms with Crippen LogP contribution in [0.5, 0.6) is 0 Å². The molecule has 7 nitrogen and oxygen atoms in total. The molecule has 0 spiro atoms. The van der Waals surface area contributed by atoms with Gasteiger partial charge in [-0.15, -0.1) is 11.3 Å². The molecule has 2 aromatic carbocycles. The Morgan fingerprint density at radius 2 is 1.91 bits per heavy atom. The molecule has 9 heteroatoms. The van der Waals surface area contributed by atoms with E-state index < -0.39 is 18.2 Å². The normalized spacial score (nSPS) is 18.1. The van der Waals surface area contributed by atoms with Gasteiger partial charge in [0, 0.05) is 11.7 Å². The van der Waals surface area contributed by atoms with Crippen LogP contribution in [-0.4, -0.2) is 34.9 Å². The first kappa shape index (κ1) is 24.4. The van der Waals surface area contributed by atoms with Gasteiger partial charge in [0.15, 0.2) is 12.1 Å². The van der Waals surface area contributed by atoms with Gasteiger partial charge in [-0.05, 0) is 60.2 Å². The third-order valence-corrected chi connectivity index (χ3v) is 6.71. The Morgan fingerprint density at radius 1 is 1.14 bits per heavy atom. The third kappa shape index (κ3) is 5.68. The fraction of sp³-hybridized carbons (Fsp3) is 0.269. The van der Waals surface area contributed by atoms with Gasteiger partial charge < -0.3 is 15.4 Å². The summed E-state index contributed by atoms with van der Waals surface area (Å²) in [5.74, 6) is -0.974. The van der Waals surface area contributed by atoms with Gasteiger partial charge in [-0.25, -0.2) is 9.18 Å². The molecule has 2 N–H and O–H groups in total. The van der Waals surface area contributed by atoms with Gasteiger partial charge in [0.2, 0.25) is 5.91 Å². The molecule has 1 saturated heterocycles. The SMILES string of the molecule is CC[C@H](C)NC(=O)[C@@H]1[C@H](c2cccc(NC(=O)c3cccs3)c2)OC(=O)N1Cc1ccc(F)cc1. The number of halogens is 1. The fourth-order valence-corrected chi connectivity index (χ4v) is 4.44. The molecule has 0 bridgehead atoms. The molecule has 4 rings (SSSR count). The number of rotatable bonds is 8. The molecule has 182 valence electrons. The summed E-state index contributed by atoms with van der Waals surface area (Å²) in [6.45, 7) is 3.92. The summed E-state index contributed by atoms with van der Waals surface area (Å²) in [6.07, 6.45) is -0.803. The molecule has 3 amide bonds. The highest BCUT2D eigenvalue weighted by atomic mass is 32.1. The number of hydrogen-bond donors (Lipinski definition) is 2. The van der Waals surface area contributed by atoms with Crippen molar-refractivity contribution < 1.29 is 23.5 Å². The maximum Gasteiger partial charge on any atom is 0.411 e. The topological polar surface area (TPSA) is 87.7 Å². The second-order valence-electron chi connectivity index (χ2n) is 8.38. The molecule has 3 aromatic rings. The van der Waals surface area contributed by atoms with Crippen LogP contribution in [0, 0.1) is 5.82 Å². The Balaban J connectivity index is 1.61. The molecule has 1 aliphatic rings. The third-order valence-electron chi connectivity index (χ3n) is 5.84. The largest absolute Gasteiger partial charge is 0.438 e. The van der Waals surface area contributed by atoms with Gasteiger partial charge >= 0.3 is 6.09 Å². The van der Waals surface area contributed by atoms with Gasteiger partial charge in [0.1, 0.15) is 5.82 Å². The maximum absolute atomic E-state index is 13.4. The van der Waals surface area contributed by atoms with Crippen LogP contribution in [0.15, 0.2) is 66.0 Å². The van der Waals surface area contributed by atoms with E-state index in [0.29, 0.717) is 21.7 Å². The molecule has 0 unspecified atom stereocenters. The molecular formula is C26H26FN3O4S. The molecule has 1 aromatic heterocycles. The summed E-state index contributed by atoms with van der Waals surface area (Å²) in [6, 6.07) is 15.2. The van der Waals surface area contributed by atoms with Crippen molar-refractivity contribution in [3.63, 3.8) is 0 Å². The van der Waals surface area contributed by atoms with Gasteiger partial charge in [0.25, 0.3) is 5.91 Å². The average Bonchev–Trinajstić information content (AvgIpc) is 3.49. The van der Waals surface area contributed by atoms with Crippen molar-refractivity contribution in [1.29, 1.82) is 0 Å². The van der Waals surface area contributed by atoms with Crippen molar-refractivity contribution in [2.45, 2.75) is 45.0 Å². The van der Waals surface area contributed by atoms with Crippen molar-refractivity contribution in [3.05, 3.63) is 87.9 Å². The number of thiophene rings is 1. The van der Waals surface area contributed by atoms with E-state index in [4.69, 9.17) is 4.74 Å². The van der Waals surface area contributed by atoms with E-state index in [1.54, 1.807) is 48.5 Å². The Morgan fingerprint density at radius 3 is 2.60 bits per heavy atom. The number of cyclic esters (lactones) is 1. The lowest BCUT2D eigenvalue weighted by Gasteiger charge is -2.26. The standard InChI is InChI=1S/C26H26FN3O4S/c1-3-16(2)28-25(32)22-23(34-26(33)30(22)15-17-9-11-19(27)12-10-17)18-6-4-7-20(14-18)29-24(31)21-8-5-13-35-21/h4-14,16,22-23H,3,15H2,1-2H3,(H,28,32)(H,29,31)/t16-,22-,23-/m0/s1. The van der Waals surface area contributed by atoms with E-state index >= 15 is 0 Å². The summed E-state index contributed by atoms with van der Waals surface area (Å²) in [4.78, 5) is 40.6. The number of carbonyl (C=O) groups excluding carboxylic acids is 3. The lowest BCUT2D eigenvalue weighted by Crippen LogP contribution is -2.48. The van der Waals surface area contributed by atoms with E-state index in [0.717, 1.165) is 6.42 Å². The first-order valence-electron chi connectivity index (χ1n) is 11.3. The van der Waals surface area contributed by atoms with E-state index in [1.165, 1.54) is 28.4 Å².